The first-order valence-corrected chi connectivity index (χ1v) is 10.2. The van der Waals surface area contributed by atoms with Crippen LogP contribution >= 0.6 is 0 Å². The van der Waals surface area contributed by atoms with Gasteiger partial charge in [0, 0.05) is 51.4 Å². The number of rotatable bonds is 3. The first kappa shape index (κ1) is 20.1. The molecule has 2 N–H and O–H groups in total. The minimum absolute atomic E-state index is 0.0457. The molecule has 1 aliphatic heterocycles. The van der Waals surface area contributed by atoms with Crippen molar-refractivity contribution < 1.29 is 9.59 Å². The van der Waals surface area contributed by atoms with E-state index in [2.05, 4.69) is 37.0 Å². The lowest BCUT2D eigenvalue weighted by molar-refractivity contribution is -0.130. The summed E-state index contributed by atoms with van der Waals surface area (Å²) in [7, 11) is 0. The monoisotopic (exact) mass is 405 g/mol. The first-order chi connectivity index (χ1) is 14.4. The largest absolute Gasteiger partial charge is 0.339 e. The zero-order chi connectivity index (χ0) is 21.4. The highest BCUT2D eigenvalue weighted by atomic mass is 16.2. The van der Waals surface area contributed by atoms with Crippen LogP contribution in [0.5, 0.6) is 0 Å². The van der Waals surface area contributed by atoms with Gasteiger partial charge in [0.25, 0.3) is 5.91 Å². The maximum absolute atomic E-state index is 13.2. The van der Waals surface area contributed by atoms with Crippen molar-refractivity contribution >= 4 is 17.5 Å². The molecule has 1 fully saturated rings. The number of piperazine rings is 1. The van der Waals surface area contributed by atoms with Crippen molar-refractivity contribution in [2.24, 2.45) is 5.73 Å². The molecule has 2 aromatic heterocycles. The van der Waals surface area contributed by atoms with Gasteiger partial charge in [0.15, 0.2) is 0 Å². The zero-order valence-corrected chi connectivity index (χ0v) is 17.7. The fraction of sp³-hybridized carbons (Fsp3) is 0.348. The molecule has 0 spiro atoms. The molecule has 1 aromatic carbocycles. The number of hydrogen-bond acceptors (Lipinski definition) is 4. The molecule has 1 saturated heterocycles. The molecule has 0 bridgehead atoms. The Bertz CT molecular complexity index is 1130. The van der Waals surface area contributed by atoms with Gasteiger partial charge in [-0.25, -0.2) is 4.98 Å². The summed E-state index contributed by atoms with van der Waals surface area (Å²) in [6, 6.07) is 8.29. The number of carbonyl (C=O) groups is 2. The van der Waals surface area contributed by atoms with E-state index in [0.717, 1.165) is 22.3 Å². The van der Waals surface area contributed by atoms with Gasteiger partial charge in [-0.3, -0.25) is 14.0 Å². The molecule has 30 heavy (non-hydrogen) atoms. The molecule has 4 rings (SSSR count). The molecule has 0 radical (unpaired) electrons. The SMILES string of the molecule is CC(=O)N1CCN(C(=O)c2cnc3cc(CN)c(-c4ccc(C)cc4C)cn23)CC1. The Labute approximate surface area is 176 Å². The Morgan fingerprint density at radius 1 is 1.03 bits per heavy atom. The number of hydrogen-bond donors (Lipinski definition) is 1. The molecule has 2 amide bonds. The number of aryl methyl sites for hydroxylation is 2. The number of aromatic nitrogens is 2. The van der Waals surface area contributed by atoms with Gasteiger partial charge in [-0.1, -0.05) is 23.8 Å². The summed E-state index contributed by atoms with van der Waals surface area (Å²) in [6.07, 6.45) is 3.60. The van der Waals surface area contributed by atoms with Crippen molar-refractivity contribution in [1.82, 2.24) is 19.2 Å². The van der Waals surface area contributed by atoms with Gasteiger partial charge in [0.1, 0.15) is 11.3 Å². The fourth-order valence-electron chi connectivity index (χ4n) is 4.14. The number of nitrogens with two attached hydrogens (primary N) is 1. The Hall–Kier alpha value is -3.19. The van der Waals surface area contributed by atoms with E-state index < -0.39 is 0 Å². The summed E-state index contributed by atoms with van der Waals surface area (Å²) in [4.78, 5) is 32.8. The Kier molecular flexibility index (Phi) is 5.30. The lowest BCUT2D eigenvalue weighted by Gasteiger charge is -2.34. The number of fused-ring (bicyclic) bond motifs is 1. The van der Waals surface area contributed by atoms with Crippen LogP contribution in [0.3, 0.4) is 0 Å². The van der Waals surface area contributed by atoms with Crippen LogP contribution in [0, 0.1) is 13.8 Å². The minimum Gasteiger partial charge on any atom is -0.339 e. The average molecular weight is 406 g/mol. The van der Waals surface area contributed by atoms with Gasteiger partial charge in [0.2, 0.25) is 5.91 Å². The van der Waals surface area contributed by atoms with Gasteiger partial charge >= 0.3 is 0 Å². The van der Waals surface area contributed by atoms with Crippen LogP contribution in [0.4, 0.5) is 0 Å². The predicted molar refractivity (Wildman–Crippen MR) is 116 cm³/mol. The smallest absolute Gasteiger partial charge is 0.272 e. The Morgan fingerprint density at radius 2 is 1.73 bits per heavy atom. The summed E-state index contributed by atoms with van der Waals surface area (Å²) >= 11 is 0. The highest BCUT2D eigenvalue weighted by Crippen LogP contribution is 2.29. The third-order valence-electron chi connectivity index (χ3n) is 5.86. The molecule has 1 aliphatic rings. The highest BCUT2D eigenvalue weighted by molar-refractivity contribution is 5.94. The highest BCUT2D eigenvalue weighted by Gasteiger charge is 2.25. The quantitative estimate of drug-likeness (QED) is 0.725. The molecule has 156 valence electrons. The summed E-state index contributed by atoms with van der Waals surface area (Å²) in [5.41, 5.74) is 12.7. The summed E-state index contributed by atoms with van der Waals surface area (Å²) < 4.78 is 1.85. The number of benzene rings is 1. The second-order valence-electron chi connectivity index (χ2n) is 7.90. The molecule has 3 heterocycles. The maximum Gasteiger partial charge on any atom is 0.272 e. The molecule has 7 heteroatoms. The number of carbonyl (C=O) groups excluding carboxylic acids is 2. The van der Waals surface area contributed by atoms with Crippen molar-refractivity contribution in [2.45, 2.75) is 27.3 Å². The molecule has 0 saturated carbocycles. The van der Waals surface area contributed by atoms with E-state index in [1.54, 1.807) is 22.9 Å². The number of pyridine rings is 1. The third-order valence-corrected chi connectivity index (χ3v) is 5.86. The fourth-order valence-corrected chi connectivity index (χ4v) is 4.14. The standard InChI is InChI=1S/C23H27N5O2/c1-15-4-5-19(16(2)10-15)20-14-28-21(13-25-22(28)11-18(20)12-24)23(30)27-8-6-26(7-9-27)17(3)29/h4-5,10-11,13-14H,6-9,12,24H2,1-3H3. The van der Waals surface area contributed by atoms with Crippen molar-refractivity contribution in [3.8, 4) is 11.1 Å². The maximum atomic E-state index is 13.2. The third kappa shape index (κ3) is 3.57. The zero-order valence-electron chi connectivity index (χ0n) is 17.7. The number of amides is 2. The van der Waals surface area contributed by atoms with Crippen LogP contribution in [-0.2, 0) is 11.3 Å². The minimum atomic E-state index is -0.0715. The van der Waals surface area contributed by atoms with E-state index in [1.165, 1.54) is 5.56 Å². The van der Waals surface area contributed by atoms with Crippen molar-refractivity contribution in [1.29, 1.82) is 0 Å². The summed E-state index contributed by atoms with van der Waals surface area (Å²) in [5, 5.41) is 0. The topological polar surface area (TPSA) is 83.9 Å². The lowest BCUT2D eigenvalue weighted by Crippen LogP contribution is -2.50. The second-order valence-corrected chi connectivity index (χ2v) is 7.90. The predicted octanol–water partition coefficient (Wildman–Crippen LogP) is 2.38. The van der Waals surface area contributed by atoms with Gasteiger partial charge in [0.05, 0.1) is 6.20 Å². The van der Waals surface area contributed by atoms with Crippen LogP contribution in [0.25, 0.3) is 16.8 Å². The molecule has 3 aromatic rings. The van der Waals surface area contributed by atoms with E-state index >= 15 is 0 Å². The van der Waals surface area contributed by atoms with Gasteiger partial charge in [-0.15, -0.1) is 0 Å². The van der Waals surface area contributed by atoms with E-state index in [1.807, 2.05) is 16.7 Å². The second kappa shape index (κ2) is 7.91. The Balaban J connectivity index is 1.72. The first-order valence-electron chi connectivity index (χ1n) is 10.2. The Morgan fingerprint density at radius 3 is 2.37 bits per heavy atom. The summed E-state index contributed by atoms with van der Waals surface area (Å²) in [6.45, 7) is 8.27. The van der Waals surface area contributed by atoms with Crippen LogP contribution in [0.1, 0.15) is 34.1 Å². The molecular weight excluding hydrogens is 378 g/mol. The van der Waals surface area contributed by atoms with Crippen LogP contribution in [0.2, 0.25) is 0 Å². The summed E-state index contributed by atoms with van der Waals surface area (Å²) in [5.74, 6) is -0.0258. The molecule has 0 atom stereocenters. The van der Waals surface area contributed by atoms with E-state index in [9.17, 15) is 9.59 Å². The van der Waals surface area contributed by atoms with E-state index in [4.69, 9.17) is 5.73 Å². The van der Waals surface area contributed by atoms with Crippen molar-refractivity contribution in [3.63, 3.8) is 0 Å². The number of imidazole rings is 1. The molecule has 0 aliphatic carbocycles. The van der Waals surface area contributed by atoms with E-state index in [-0.39, 0.29) is 11.8 Å². The van der Waals surface area contributed by atoms with Gasteiger partial charge < -0.3 is 15.5 Å². The van der Waals surface area contributed by atoms with E-state index in [0.29, 0.717) is 44.1 Å². The van der Waals surface area contributed by atoms with Crippen LogP contribution in [-0.4, -0.2) is 57.2 Å². The van der Waals surface area contributed by atoms with Crippen molar-refractivity contribution in [2.75, 3.05) is 26.2 Å². The average Bonchev–Trinajstić information content (AvgIpc) is 3.15. The van der Waals surface area contributed by atoms with Gasteiger partial charge in [-0.2, -0.15) is 0 Å². The normalized spacial score (nSPS) is 14.4. The molecule has 7 nitrogen and oxygen atoms in total. The lowest BCUT2D eigenvalue weighted by atomic mass is 9.96. The van der Waals surface area contributed by atoms with Crippen LogP contribution in [0.15, 0.2) is 36.7 Å². The molecule has 0 unspecified atom stereocenters. The van der Waals surface area contributed by atoms with Gasteiger partial charge in [-0.05, 0) is 36.6 Å². The number of nitrogens with zero attached hydrogens (tertiary/aromatic N) is 4. The van der Waals surface area contributed by atoms with Crippen LogP contribution < -0.4 is 5.73 Å². The molecular formula is C23H27N5O2. The van der Waals surface area contributed by atoms with Crippen molar-refractivity contribution in [3.05, 3.63) is 59.0 Å².